The number of hydrogen-bond donors (Lipinski definition) is 2. The summed E-state index contributed by atoms with van der Waals surface area (Å²) in [7, 11) is 2.40. The molecule has 0 spiro atoms. The summed E-state index contributed by atoms with van der Waals surface area (Å²) in [5.41, 5.74) is 0. The van der Waals surface area contributed by atoms with Crippen LogP contribution in [0.4, 0.5) is 0 Å². The number of ketones is 1. The van der Waals surface area contributed by atoms with Crippen molar-refractivity contribution in [3.05, 3.63) is 0 Å². The van der Waals surface area contributed by atoms with Crippen LogP contribution in [0.3, 0.4) is 0 Å². The Balaban J connectivity index is -0.000000124. The molecule has 1 fully saturated rings. The van der Waals surface area contributed by atoms with Crippen molar-refractivity contribution in [2.24, 2.45) is 0 Å². The number of ether oxygens (including phenoxy) is 2. The van der Waals surface area contributed by atoms with Crippen LogP contribution in [0.1, 0.15) is 59.8 Å². The predicted octanol–water partition coefficient (Wildman–Crippen LogP) is 1.49. The van der Waals surface area contributed by atoms with Crippen LogP contribution in [0.25, 0.3) is 0 Å². The van der Waals surface area contributed by atoms with Crippen LogP contribution in [-0.2, 0) is 33.4 Å². The highest BCUT2D eigenvalue weighted by molar-refractivity contribution is 5.92. The van der Waals surface area contributed by atoms with E-state index in [0.717, 1.165) is 13.5 Å². The van der Waals surface area contributed by atoms with E-state index in [1.54, 1.807) is 0 Å². The van der Waals surface area contributed by atoms with Gasteiger partial charge in [-0.05, 0) is 13.3 Å². The van der Waals surface area contributed by atoms with Gasteiger partial charge in [0.15, 0.2) is 0 Å². The van der Waals surface area contributed by atoms with Crippen LogP contribution < -0.4 is 0 Å². The molecule has 9 nitrogen and oxygen atoms in total. The van der Waals surface area contributed by atoms with Gasteiger partial charge in [-0.3, -0.25) is 19.2 Å². The molecule has 1 rings (SSSR count). The molecular formula is C16H30O9. The van der Waals surface area contributed by atoms with Crippen molar-refractivity contribution in [2.45, 2.75) is 59.8 Å². The molecule has 9 heteroatoms. The zero-order valence-corrected chi connectivity index (χ0v) is 14.5. The van der Waals surface area contributed by atoms with Gasteiger partial charge < -0.3 is 24.5 Å². The normalized spacial score (nSPS) is 10.9. The minimum atomic E-state index is -0.916. The Morgan fingerprint density at radius 3 is 1.60 bits per heavy atom. The number of methoxy groups -OCH3 is 1. The number of hydrogen-bond acceptors (Lipinski definition) is 8. The van der Waals surface area contributed by atoms with E-state index in [9.17, 15) is 24.0 Å². The van der Waals surface area contributed by atoms with Gasteiger partial charge in [-0.15, -0.1) is 0 Å². The van der Waals surface area contributed by atoms with Crippen molar-refractivity contribution < 1.29 is 43.7 Å². The van der Waals surface area contributed by atoms with Gasteiger partial charge in [0.2, 0.25) is 0 Å². The van der Waals surface area contributed by atoms with Crippen molar-refractivity contribution in [3.8, 4) is 0 Å². The number of aliphatic hydroxyl groups excluding tert-OH is 1. The minimum absolute atomic E-state index is 0. The van der Waals surface area contributed by atoms with Crippen LogP contribution in [0.15, 0.2) is 0 Å². The Kier molecular flexibility index (Phi) is 26.6. The maximum atomic E-state index is 10.2. The summed E-state index contributed by atoms with van der Waals surface area (Å²) in [4.78, 5) is 50.0. The number of carbonyl (C=O) groups is 5. The second-order valence-electron chi connectivity index (χ2n) is 4.27. The Hall–Kier alpha value is -2.29. The standard InChI is InChI=1S/C5H8O3.C5H10O2.C4H4O3.CH4O.CH4/c1-4(6)2-3-5(7)8;1-3-4-5(6)7-2;5-3-1-2-4(6)7-3;1-2;/h2-3H2,1H3,(H,7,8);3-4H2,1-2H3;1-2H2;2H,1H3;1H4. The summed E-state index contributed by atoms with van der Waals surface area (Å²) in [5.74, 6) is -1.91. The van der Waals surface area contributed by atoms with E-state index in [1.807, 2.05) is 6.92 Å². The van der Waals surface area contributed by atoms with Crippen LogP contribution in [0.2, 0.25) is 0 Å². The fourth-order valence-corrected chi connectivity index (χ4v) is 1.02. The molecule has 148 valence electrons. The van der Waals surface area contributed by atoms with Crippen molar-refractivity contribution in [1.82, 2.24) is 0 Å². The molecule has 25 heavy (non-hydrogen) atoms. The molecular weight excluding hydrogens is 336 g/mol. The summed E-state index contributed by atoms with van der Waals surface area (Å²) in [6.07, 6.45) is 2.03. The minimum Gasteiger partial charge on any atom is -0.481 e. The van der Waals surface area contributed by atoms with E-state index in [4.69, 9.17) is 10.2 Å². The smallest absolute Gasteiger partial charge is 0.314 e. The average Bonchev–Trinajstić information content (AvgIpc) is 2.92. The SMILES string of the molecule is C.CC(=O)CCC(=O)O.CCCC(=O)OC.CO.O=C1CCC(=O)O1. The van der Waals surface area contributed by atoms with Gasteiger partial charge in [-0.1, -0.05) is 14.4 Å². The lowest BCUT2D eigenvalue weighted by Gasteiger charge is -1.91. The van der Waals surface area contributed by atoms with Gasteiger partial charge in [-0.25, -0.2) is 0 Å². The summed E-state index contributed by atoms with van der Waals surface area (Å²) < 4.78 is 8.43. The predicted molar refractivity (Wildman–Crippen MR) is 89.7 cm³/mol. The van der Waals surface area contributed by atoms with E-state index in [2.05, 4.69) is 9.47 Å². The molecule has 1 heterocycles. The molecule has 0 bridgehead atoms. The second-order valence-corrected chi connectivity index (χ2v) is 4.27. The molecule has 0 aliphatic carbocycles. The first-order valence-electron chi connectivity index (χ1n) is 7.19. The molecule has 0 aromatic carbocycles. The Bertz CT molecular complexity index is 374. The number of cyclic esters (lactones) is 2. The van der Waals surface area contributed by atoms with Crippen molar-refractivity contribution in [2.75, 3.05) is 14.2 Å². The summed E-state index contributed by atoms with van der Waals surface area (Å²) in [5, 5.41) is 15.0. The molecule has 0 aromatic rings. The van der Waals surface area contributed by atoms with Crippen LogP contribution in [0, 0.1) is 0 Å². The highest BCUT2D eigenvalue weighted by Gasteiger charge is 2.19. The Morgan fingerprint density at radius 1 is 1.04 bits per heavy atom. The molecule has 2 N–H and O–H groups in total. The maximum absolute atomic E-state index is 10.2. The Morgan fingerprint density at radius 2 is 1.48 bits per heavy atom. The molecule has 1 aliphatic heterocycles. The van der Waals surface area contributed by atoms with E-state index >= 15 is 0 Å². The van der Waals surface area contributed by atoms with Gasteiger partial charge in [0.1, 0.15) is 5.78 Å². The monoisotopic (exact) mass is 366 g/mol. The third-order valence-electron chi connectivity index (χ3n) is 2.13. The first-order chi connectivity index (χ1) is 11.2. The fourth-order valence-electron chi connectivity index (χ4n) is 1.02. The zero-order chi connectivity index (χ0) is 19.5. The highest BCUT2D eigenvalue weighted by atomic mass is 16.6. The summed E-state index contributed by atoms with van der Waals surface area (Å²) in [6, 6.07) is 0. The largest absolute Gasteiger partial charge is 0.481 e. The molecule has 0 radical (unpaired) electrons. The lowest BCUT2D eigenvalue weighted by atomic mass is 10.2. The van der Waals surface area contributed by atoms with Gasteiger partial charge in [-0.2, -0.15) is 0 Å². The van der Waals surface area contributed by atoms with E-state index in [0.29, 0.717) is 6.42 Å². The first kappa shape index (κ1) is 30.6. The van der Waals surface area contributed by atoms with Crippen LogP contribution in [0.5, 0.6) is 0 Å². The lowest BCUT2D eigenvalue weighted by molar-refractivity contribution is -0.152. The highest BCUT2D eigenvalue weighted by Crippen LogP contribution is 2.03. The second kappa shape index (κ2) is 21.7. The number of rotatable bonds is 5. The average molecular weight is 366 g/mol. The van der Waals surface area contributed by atoms with Crippen LogP contribution >= 0.6 is 0 Å². The van der Waals surface area contributed by atoms with E-state index in [1.165, 1.54) is 14.0 Å². The van der Waals surface area contributed by atoms with Gasteiger partial charge >= 0.3 is 23.9 Å². The lowest BCUT2D eigenvalue weighted by Crippen LogP contribution is -1.98. The number of esters is 3. The summed E-state index contributed by atoms with van der Waals surface area (Å²) in [6.45, 7) is 3.32. The molecule has 0 atom stereocenters. The first-order valence-corrected chi connectivity index (χ1v) is 7.19. The molecule has 0 saturated carbocycles. The molecule has 0 aromatic heterocycles. The van der Waals surface area contributed by atoms with E-state index in [-0.39, 0.29) is 44.9 Å². The number of carboxylic acids is 1. The number of carbonyl (C=O) groups excluding carboxylic acids is 4. The van der Waals surface area contributed by atoms with Gasteiger partial charge in [0.05, 0.1) is 26.4 Å². The van der Waals surface area contributed by atoms with Crippen molar-refractivity contribution in [3.63, 3.8) is 0 Å². The third kappa shape index (κ3) is 30.2. The number of carboxylic acid groups (broad SMARTS) is 1. The van der Waals surface area contributed by atoms with Crippen molar-refractivity contribution in [1.29, 1.82) is 0 Å². The van der Waals surface area contributed by atoms with E-state index < -0.39 is 17.9 Å². The zero-order valence-electron chi connectivity index (χ0n) is 14.5. The third-order valence-corrected chi connectivity index (χ3v) is 2.13. The number of aliphatic hydroxyl groups is 1. The number of aliphatic carboxylic acids is 1. The van der Waals surface area contributed by atoms with Crippen molar-refractivity contribution >= 4 is 29.7 Å². The summed E-state index contributed by atoms with van der Waals surface area (Å²) >= 11 is 0. The topological polar surface area (TPSA) is 144 Å². The molecule has 0 amide bonds. The quantitative estimate of drug-likeness (QED) is 0.546. The molecule has 1 saturated heterocycles. The maximum Gasteiger partial charge on any atom is 0.314 e. The van der Waals surface area contributed by atoms with Gasteiger partial charge in [0, 0.05) is 20.0 Å². The Labute approximate surface area is 148 Å². The fraction of sp³-hybridized carbons (Fsp3) is 0.688. The molecule has 0 unspecified atom stereocenters. The molecule has 1 aliphatic rings. The number of Topliss-reactive ketones (excluding diaryl/α,β-unsaturated/α-hetero) is 1. The van der Waals surface area contributed by atoms with Crippen LogP contribution in [-0.4, -0.2) is 54.1 Å². The van der Waals surface area contributed by atoms with Gasteiger partial charge in [0.25, 0.3) is 0 Å².